The van der Waals surface area contributed by atoms with Crippen molar-refractivity contribution in [3.05, 3.63) is 52.0 Å². The Hall–Kier alpha value is -1.43. The maximum Gasteiger partial charge on any atom is 0.188 e. The maximum atomic E-state index is 13.7. The number of anilines is 2. The molecule has 0 spiro atoms. The van der Waals surface area contributed by atoms with Crippen molar-refractivity contribution in [2.75, 3.05) is 5.32 Å². The molecule has 0 atom stereocenters. The van der Waals surface area contributed by atoms with Gasteiger partial charge in [0.25, 0.3) is 0 Å². The molecule has 2 nitrogen and oxygen atoms in total. The predicted octanol–water partition coefficient (Wildman–Crippen LogP) is 5.62. The fourth-order valence-electron chi connectivity index (χ4n) is 1.74. The summed E-state index contributed by atoms with van der Waals surface area (Å²) in [4.78, 5) is 4.28. The molecule has 20 heavy (non-hydrogen) atoms. The molecule has 0 saturated carbocycles. The number of thiazole rings is 1. The zero-order valence-corrected chi connectivity index (χ0v) is 12.1. The second kappa shape index (κ2) is 5.16. The minimum Gasteiger partial charge on any atom is -0.328 e. The first kappa shape index (κ1) is 13.5. The van der Waals surface area contributed by atoms with Gasteiger partial charge in [0.1, 0.15) is 5.82 Å². The smallest absolute Gasteiger partial charge is 0.188 e. The van der Waals surface area contributed by atoms with Gasteiger partial charge in [-0.15, -0.1) is 0 Å². The second-order valence-corrected chi connectivity index (χ2v) is 5.79. The van der Waals surface area contributed by atoms with E-state index >= 15 is 0 Å². The first-order chi connectivity index (χ1) is 9.54. The highest BCUT2D eigenvalue weighted by molar-refractivity contribution is 7.22. The summed E-state index contributed by atoms with van der Waals surface area (Å²) in [7, 11) is 0. The SMILES string of the molecule is Fc1cc(F)c(Nc2nc3cccc(Cl)c3s2)c(Cl)c1. The van der Waals surface area contributed by atoms with E-state index in [2.05, 4.69) is 10.3 Å². The lowest BCUT2D eigenvalue weighted by Gasteiger charge is -2.06. The lowest BCUT2D eigenvalue weighted by molar-refractivity contribution is 0.586. The van der Waals surface area contributed by atoms with Gasteiger partial charge in [0, 0.05) is 6.07 Å². The summed E-state index contributed by atoms with van der Waals surface area (Å²) in [5.41, 5.74) is 0.687. The lowest BCUT2D eigenvalue weighted by Crippen LogP contribution is -1.95. The average molecular weight is 331 g/mol. The van der Waals surface area contributed by atoms with E-state index in [-0.39, 0.29) is 10.7 Å². The van der Waals surface area contributed by atoms with Crippen LogP contribution in [0.2, 0.25) is 10.0 Å². The van der Waals surface area contributed by atoms with Crippen molar-refractivity contribution >= 4 is 55.6 Å². The monoisotopic (exact) mass is 330 g/mol. The van der Waals surface area contributed by atoms with Crippen LogP contribution in [-0.2, 0) is 0 Å². The molecule has 0 saturated heterocycles. The number of nitrogens with one attached hydrogen (secondary N) is 1. The molecular formula is C13H6Cl2F2N2S. The van der Waals surface area contributed by atoms with Crippen molar-refractivity contribution in [3.63, 3.8) is 0 Å². The zero-order valence-electron chi connectivity index (χ0n) is 9.75. The van der Waals surface area contributed by atoms with Crippen molar-refractivity contribution in [2.45, 2.75) is 0 Å². The van der Waals surface area contributed by atoms with Crippen LogP contribution in [0.5, 0.6) is 0 Å². The molecule has 2 aromatic carbocycles. The van der Waals surface area contributed by atoms with E-state index in [0.717, 1.165) is 16.8 Å². The van der Waals surface area contributed by atoms with Crippen molar-refractivity contribution in [1.82, 2.24) is 4.98 Å². The number of hydrogen-bond acceptors (Lipinski definition) is 3. The van der Waals surface area contributed by atoms with E-state index in [9.17, 15) is 8.78 Å². The Morgan fingerprint density at radius 2 is 1.90 bits per heavy atom. The Bertz CT molecular complexity index is 781. The summed E-state index contributed by atoms with van der Waals surface area (Å²) in [6.07, 6.45) is 0. The summed E-state index contributed by atoms with van der Waals surface area (Å²) < 4.78 is 27.5. The van der Waals surface area contributed by atoms with Gasteiger partial charge < -0.3 is 5.32 Å². The van der Waals surface area contributed by atoms with E-state index in [1.165, 1.54) is 11.3 Å². The molecule has 0 amide bonds. The van der Waals surface area contributed by atoms with Crippen molar-refractivity contribution in [1.29, 1.82) is 0 Å². The molecule has 0 aliphatic heterocycles. The highest BCUT2D eigenvalue weighted by atomic mass is 35.5. The highest BCUT2D eigenvalue weighted by Gasteiger charge is 2.13. The van der Waals surface area contributed by atoms with Gasteiger partial charge in [-0.1, -0.05) is 40.6 Å². The molecule has 0 unspecified atom stereocenters. The lowest BCUT2D eigenvalue weighted by atomic mass is 10.3. The first-order valence-electron chi connectivity index (χ1n) is 5.51. The molecule has 1 heterocycles. The molecule has 0 fully saturated rings. The fourth-order valence-corrected chi connectivity index (χ4v) is 3.14. The highest BCUT2D eigenvalue weighted by Crippen LogP contribution is 2.35. The fraction of sp³-hybridized carbons (Fsp3) is 0. The number of fused-ring (bicyclic) bond motifs is 1. The molecular weight excluding hydrogens is 325 g/mol. The number of benzene rings is 2. The van der Waals surface area contributed by atoms with E-state index in [0.29, 0.717) is 15.7 Å². The van der Waals surface area contributed by atoms with Gasteiger partial charge in [0.05, 0.1) is 25.9 Å². The molecule has 7 heteroatoms. The van der Waals surface area contributed by atoms with E-state index in [1.807, 2.05) is 0 Å². The van der Waals surface area contributed by atoms with Gasteiger partial charge >= 0.3 is 0 Å². The third-order valence-electron chi connectivity index (χ3n) is 2.61. The second-order valence-electron chi connectivity index (χ2n) is 3.98. The van der Waals surface area contributed by atoms with Gasteiger partial charge in [-0.2, -0.15) is 0 Å². The molecule has 3 aromatic rings. The summed E-state index contributed by atoms with van der Waals surface area (Å²) in [5.74, 6) is -1.51. The predicted molar refractivity (Wildman–Crippen MR) is 79.3 cm³/mol. The van der Waals surface area contributed by atoms with E-state index < -0.39 is 11.6 Å². The molecule has 0 radical (unpaired) electrons. The van der Waals surface area contributed by atoms with E-state index in [4.69, 9.17) is 23.2 Å². The van der Waals surface area contributed by atoms with Gasteiger partial charge in [-0.25, -0.2) is 13.8 Å². The van der Waals surface area contributed by atoms with E-state index in [1.54, 1.807) is 18.2 Å². The number of rotatable bonds is 2. The quantitative estimate of drug-likeness (QED) is 0.659. The van der Waals surface area contributed by atoms with Crippen LogP contribution < -0.4 is 5.32 Å². The minimum absolute atomic E-state index is 0.0109. The normalized spacial score (nSPS) is 11.0. The molecule has 1 aromatic heterocycles. The number of nitrogens with zero attached hydrogens (tertiary/aromatic N) is 1. The number of hydrogen-bond donors (Lipinski definition) is 1. The largest absolute Gasteiger partial charge is 0.328 e. The summed E-state index contributed by atoms with van der Waals surface area (Å²) in [6.45, 7) is 0. The van der Waals surface area contributed by atoms with Crippen LogP contribution in [-0.4, -0.2) is 4.98 Å². The van der Waals surface area contributed by atoms with Crippen LogP contribution >= 0.6 is 34.5 Å². The Morgan fingerprint density at radius 1 is 1.10 bits per heavy atom. The Balaban J connectivity index is 2.04. The Morgan fingerprint density at radius 3 is 2.60 bits per heavy atom. The van der Waals surface area contributed by atoms with Crippen LogP contribution in [0, 0.1) is 11.6 Å². The summed E-state index contributed by atoms with van der Waals surface area (Å²) >= 11 is 13.1. The van der Waals surface area contributed by atoms with Gasteiger partial charge in [0.15, 0.2) is 10.9 Å². The third kappa shape index (κ3) is 2.44. The maximum absolute atomic E-state index is 13.7. The molecule has 1 N–H and O–H groups in total. The van der Waals surface area contributed by atoms with Crippen LogP contribution in [0.3, 0.4) is 0 Å². The van der Waals surface area contributed by atoms with Crippen LogP contribution in [0.4, 0.5) is 19.6 Å². The number of halogens is 4. The van der Waals surface area contributed by atoms with Gasteiger partial charge in [-0.05, 0) is 18.2 Å². The Kier molecular flexibility index (Phi) is 3.50. The van der Waals surface area contributed by atoms with Crippen LogP contribution in [0.25, 0.3) is 10.2 Å². The molecule has 0 bridgehead atoms. The summed E-state index contributed by atoms with van der Waals surface area (Å²) in [6, 6.07) is 7.12. The Labute approximate surface area is 127 Å². The van der Waals surface area contributed by atoms with Crippen molar-refractivity contribution < 1.29 is 8.78 Å². The number of aromatic nitrogens is 1. The topological polar surface area (TPSA) is 24.9 Å². The van der Waals surface area contributed by atoms with Gasteiger partial charge in [-0.3, -0.25) is 0 Å². The molecule has 0 aliphatic carbocycles. The minimum atomic E-state index is -0.777. The zero-order chi connectivity index (χ0) is 14.3. The molecule has 3 rings (SSSR count). The standard InChI is InChI=1S/C13H6Cl2F2N2S/c14-7-2-1-3-10-12(7)20-13(18-10)19-11-8(15)4-6(16)5-9(11)17/h1-5H,(H,18,19). The van der Waals surface area contributed by atoms with Crippen LogP contribution in [0.1, 0.15) is 0 Å². The van der Waals surface area contributed by atoms with Crippen LogP contribution in [0.15, 0.2) is 30.3 Å². The van der Waals surface area contributed by atoms with Crippen molar-refractivity contribution in [3.8, 4) is 0 Å². The molecule has 102 valence electrons. The first-order valence-corrected chi connectivity index (χ1v) is 7.08. The summed E-state index contributed by atoms with van der Waals surface area (Å²) in [5, 5.41) is 3.71. The third-order valence-corrected chi connectivity index (χ3v) is 4.35. The van der Waals surface area contributed by atoms with Crippen molar-refractivity contribution in [2.24, 2.45) is 0 Å². The molecule has 0 aliphatic rings. The van der Waals surface area contributed by atoms with Gasteiger partial charge in [0.2, 0.25) is 0 Å². The average Bonchev–Trinajstić information content (AvgIpc) is 2.78.